The number of carbonyl (C=O) groups is 1. The van der Waals surface area contributed by atoms with Crippen molar-refractivity contribution in [2.45, 2.75) is 11.3 Å². The molecule has 0 saturated heterocycles. The van der Waals surface area contributed by atoms with E-state index >= 15 is 0 Å². The van der Waals surface area contributed by atoms with Crippen LogP contribution in [0.2, 0.25) is 5.02 Å². The van der Waals surface area contributed by atoms with Crippen LogP contribution in [0, 0.1) is 0 Å². The summed E-state index contributed by atoms with van der Waals surface area (Å²) in [5.41, 5.74) is 0. The highest BCUT2D eigenvalue weighted by Crippen LogP contribution is 2.37. The van der Waals surface area contributed by atoms with Gasteiger partial charge in [0.25, 0.3) is 9.05 Å². The molecule has 100 valence electrons. The molecule has 0 heterocycles. The lowest BCUT2D eigenvalue weighted by Gasteiger charge is -2.11. The Labute approximate surface area is 121 Å². The van der Waals surface area contributed by atoms with Crippen LogP contribution in [0.1, 0.15) is 6.42 Å². The van der Waals surface area contributed by atoms with E-state index in [1.807, 2.05) is 0 Å². The molecule has 0 aliphatic carbocycles. The predicted octanol–water partition coefficient (Wildman–Crippen LogP) is 2.88. The Hall–Kier alpha value is -0.500. The summed E-state index contributed by atoms with van der Waals surface area (Å²) in [6, 6.07) is 2.65. The molecule has 0 aliphatic rings. The maximum Gasteiger partial charge on any atom is 0.306 e. The molecule has 0 bridgehead atoms. The molecule has 0 amide bonds. The van der Waals surface area contributed by atoms with Crippen LogP contribution in [-0.4, -0.2) is 26.1 Å². The molecular weight excluding hydrogens is 371 g/mol. The zero-order chi connectivity index (χ0) is 13.9. The zero-order valence-electron chi connectivity index (χ0n) is 8.69. The average Bonchev–Trinajstić information content (AvgIpc) is 2.18. The highest BCUT2D eigenvalue weighted by molar-refractivity contribution is 9.10. The van der Waals surface area contributed by atoms with Crippen molar-refractivity contribution in [1.29, 1.82) is 0 Å². The molecule has 1 N–H and O–H groups in total. The lowest BCUT2D eigenvalue weighted by atomic mass is 10.3. The minimum Gasteiger partial charge on any atom is -0.490 e. The van der Waals surface area contributed by atoms with E-state index in [0.717, 1.165) is 0 Å². The van der Waals surface area contributed by atoms with Crippen molar-refractivity contribution in [1.82, 2.24) is 0 Å². The van der Waals surface area contributed by atoms with Crippen molar-refractivity contribution in [3.63, 3.8) is 0 Å². The number of hydrogen-bond donors (Lipinski definition) is 1. The fourth-order valence-corrected chi connectivity index (χ4v) is 3.17. The van der Waals surface area contributed by atoms with Gasteiger partial charge >= 0.3 is 5.97 Å². The van der Waals surface area contributed by atoms with Crippen LogP contribution in [0.5, 0.6) is 5.75 Å². The second-order valence-corrected chi connectivity index (χ2v) is 7.00. The topological polar surface area (TPSA) is 80.7 Å². The molecule has 1 aromatic carbocycles. The van der Waals surface area contributed by atoms with Crippen molar-refractivity contribution >= 4 is 53.2 Å². The Bertz CT molecular complexity index is 573. The molecule has 5 nitrogen and oxygen atoms in total. The number of carboxylic acids is 1. The van der Waals surface area contributed by atoms with Crippen LogP contribution >= 0.6 is 38.2 Å². The largest absolute Gasteiger partial charge is 0.490 e. The van der Waals surface area contributed by atoms with Crippen LogP contribution in [0.15, 0.2) is 21.5 Å². The normalized spacial score (nSPS) is 11.3. The monoisotopic (exact) mass is 376 g/mol. The van der Waals surface area contributed by atoms with Gasteiger partial charge in [-0.05, 0) is 12.1 Å². The Kier molecular flexibility index (Phi) is 5.27. The van der Waals surface area contributed by atoms with E-state index in [0.29, 0.717) is 4.47 Å². The molecule has 18 heavy (non-hydrogen) atoms. The van der Waals surface area contributed by atoms with Gasteiger partial charge < -0.3 is 9.84 Å². The van der Waals surface area contributed by atoms with Gasteiger partial charge in [0.1, 0.15) is 4.90 Å². The molecular formula is C9H7BrCl2O5S. The number of aliphatic carboxylic acids is 1. The van der Waals surface area contributed by atoms with Crippen molar-refractivity contribution < 1.29 is 23.1 Å². The number of hydrogen-bond acceptors (Lipinski definition) is 4. The van der Waals surface area contributed by atoms with Gasteiger partial charge in [-0.2, -0.15) is 0 Å². The maximum atomic E-state index is 11.3. The summed E-state index contributed by atoms with van der Waals surface area (Å²) in [4.78, 5) is 10.0. The standard InChI is InChI=1S/C9H7BrCl2O5S/c10-5-3-6(11)9(17-2-1-8(13)14)7(4-5)18(12,15)16/h3-4H,1-2H2,(H,13,14). The Morgan fingerprint density at radius 2 is 2.06 bits per heavy atom. The van der Waals surface area contributed by atoms with Gasteiger partial charge in [0.2, 0.25) is 0 Å². The molecule has 0 unspecified atom stereocenters. The van der Waals surface area contributed by atoms with E-state index in [2.05, 4.69) is 15.9 Å². The smallest absolute Gasteiger partial charge is 0.306 e. The van der Waals surface area contributed by atoms with E-state index < -0.39 is 15.0 Å². The van der Waals surface area contributed by atoms with Crippen LogP contribution in [0.25, 0.3) is 0 Å². The third kappa shape index (κ3) is 4.31. The van der Waals surface area contributed by atoms with E-state index in [4.69, 9.17) is 32.1 Å². The first-order chi connectivity index (χ1) is 8.21. The third-order valence-corrected chi connectivity index (χ3v) is 3.87. The molecule has 1 aromatic rings. The summed E-state index contributed by atoms with van der Waals surface area (Å²) < 4.78 is 28.2. The second-order valence-electron chi connectivity index (χ2n) is 3.14. The first kappa shape index (κ1) is 15.6. The first-order valence-electron chi connectivity index (χ1n) is 4.50. The summed E-state index contributed by atoms with van der Waals surface area (Å²) in [5, 5.41) is 8.49. The number of halogens is 3. The number of benzene rings is 1. The minimum atomic E-state index is -4.04. The van der Waals surface area contributed by atoms with Crippen molar-refractivity contribution in [2.75, 3.05) is 6.61 Å². The van der Waals surface area contributed by atoms with Gasteiger partial charge in [0.05, 0.1) is 18.1 Å². The molecule has 0 aliphatic heterocycles. The molecule has 0 fully saturated rings. The summed E-state index contributed by atoms with van der Waals surface area (Å²) in [6.45, 7) is -0.212. The van der Waals surface area contributed by atoms with E-state index in [9.17, 15) is 13.2 Å². The molecule has 1 rings (SSSR count). The summed E-state index contributed by atoms with van der Waals surface area (Å²) in [5.74, 6) is -1.23. The van der Waals surface area contributed by atoms with Gasteiger partial charge in [-0.15, -0.1) is 0 Å². The summed E-state index contributed by atoms with van der Waals surface area (Å²) >= 11 is 8.90. The van der Waals surface area contributed by atoms with E-state index in [1.54, 1.807) is 0 Å². The van der Waals surface area contributed by atoms with Crippen LogP contribution < -0.4 is 4.74 Å². The lowest BCUT2D eigenvalue weighted by Crippen LogP contribution is -2.07. The Balaban J connectivity index is 3.13. The predicted molar refractivity (Wildman–Crippen MR) is 69.9 cm³/mol. The van der Waals surface area contributed by atoms with Crippen molar-refractivity contribution in [2.24, 2.45) is 0 Å². The Morgan fingerprint density at radius 3 is 2.56 bits per heavy atom. The van der Waals surface area contributed by atoms with Gasteiger partial charge in [0, 0.05) is 15.2 Å². The van der Waals surface area contributed by atoms with Crippen LogP contribution in [0.4, 0.5) is 0 Å². The lowest BCUT2D eigenvalue weighted by molar-refractivity contribution is -0.137. The van der Waals surface area contributed by atoms with Crippen LogP contribution in [-0.2, 0) is 13.8 Å². The van der Waals surface area contributed by atoms with Crippen molar-refractivity contribution in [3.8, 4) is 5.75 Å². The fraction of sp³-hybridized carbons (Fsp3) is 0.222. The molecule has 0 radical (unpaired) electrons. The first-order valence-corrected chi connectivity index (χ1v) is 7.98. The number of ether oxygens (including phenoxy) is 1. The van der Waals surface area contributed by atoms with Gasteiger partial charge in [0.15, 0.2) is 5.75 Å². The SMILES string of the molecule is O=C(O)CCOc1c(Cl)cc(Br)cc1S(=O)(=O)Cl. The Morgan fingerprint density at radius 1 is 1.44 bits per heavy atom. The minimum absolute atomic E-state index is 0.0222. The summed E-state index contributed by atoms with van der Waals surface area (Å²) in [6.07, 6.45) is -0.284. The summed E-state index contributed by atoms with van der Waals surface area (Å²) in [7, 11) is 1.20. The number of rotatable bonds is 5. The third-order valence-electron chi connectivity index (χ3n) is 1.80. The molecule has 0 aromatic heterocycles. The highest BCUT2D eigenvalue weighted by atomic mass is 79.9. The van der Waals surface area contributed by atoms with Gasteiger partial charge in [-0.25, -0.2) is 8.42 Å². The maximum absolute atomic E-state index is 11.3. The van der Waals surface area contributed by atoms with E-state index in [-0.39, 0.29) is 28.7 Å². The van der Waals surface area contributed by atoms with Gasteiger partial charge in [-0.1, -0.05) is 27.5 Å². The molecule has 0 spiro atoms. The van der Waals surface area contributed by atoms with Gasteiger partial charge in [-0.3, -0.25) is 4.79 Å². The highest BCUT2D eigenvalue weighted by Gasteiger charge is 2.21. The van der Waals surface area contributed by atoms with Crippen LogP contribution in [0.3, 0.4) is 0 Å². The van der Waals surface area contributed by atoms with Crippen molar-refractivity contribution in [3.05, 3.63) is 21.6 Å². The quantitative estimate of drug-likeness (QED) is 0.798. The fourth-order valence-electron chi connectivity index (χ4n) is 1.10. The zero-order valence-corrected chi connectivity index (χ0v) is 12.6. The average molecular weight is 378 g/mol. The molecule has 0 saturated carbocycles. The van der Waals surface area contributed by atoms with E-state index in [1.165, 1.54) is 12.1 Å². The number of carboxylic acid groups (broad SMARTS) is 1. The molecule has 9 heteroatoms. The molecule has 0 atom stereocenters. The second kappa shape index (κ2) is 6.10.